The van der Waals surface area contributed by atoms with E-state index in [1.165, 1.54) is 0 Å². The maximum atomic E-state index is 12.7. The molecule has 0 saturated carbocycles. The Morgan fingerprint density at radius 3 is 2.64 bits per heavy atom. The van der Waals surface area contributed by atoms with Crippen LogP contribution < -0.4 is 10.2 Å². The van der Waals surface area contributed by atoms with E-state index in [0.717, 1.165) is 43.6 Å². The molecule has 1 aliphatic heterocycles. The molecule has 2 aromatic carbocycles. The van der Waals surface area contributed by atoms with Gasteiger partial charge in [-0.15, -0.1) is 0 Å². The van der Waals surface area contributed by atoms with Gasteiger partial charge in [-0.3, -0.25) is 4.79 Å². The van der Waals surface area contributed by atoms with Gasteiger partial charge in [0.1, 0.15) is 5.75 Å². The minimum absolute atomic E-state index is 0.0201. The number of aryl methyl sites for hydroxylation is 1. The second-order valence-corrected chi connectivity index (χ2v) is 6.39. The highest BCUT2D eigenvalue weighted by Gasteiger charge is 2.20. The summed E-state index contributed by atoms with van der Waals surface area (Å²) >= 11 is 0. The first-order valence-electron chi connectivity index (χ1n) is 8.73. The number of piperidine rings is 1. The van der Waals surface area contributed by atoms with Crippen LogP contribution in [0.15, 0.2) is 42.5 Å². The molecule has 0 radical (unpaired) electrons. The summed E-state index contributed by atoms with van der Waals surface area (Å²) in [5, 5.41) is 22.6. The van der Waals surface area contributed by atoms with Crippen molar-refractivity contribution in [3.05, 3.63) is 53.6 Å². The van der Waals surface area contributed by atoms with Crippen LogP contribution in [0.25, 0.3) is 0 Å². The number of hydrogen-bond acceptors (Lipinski definition) is 4. The van der Waals surface area contributed by atoms with Gasteiger partial charge in [0.15, 0.2) is 0 Å². The zero-order chi connectivity index (χ0) is 17.8. The third kappa shape index (κ3) is 3.94. The first kappa shape index (κ1) is 17.3. The van der Waals surface area contributed by atoms with Crippen molar-refractivity contribution in [1.29, 1.82) is 0 Å². The number of amides is 1. The number of aromatic hydroxyl groups is 1. The van der Waals surface area contributed by atoms with E-state index in [4.69, 9.17) is 0 Å². The molecule has 3 rings (SSSR count). The predicted molar refractivity (Wildman–Crippen MR) is 99.3 cm³/mol. The van der Waals surface area contributed by atoms with Gasteiger partial charge < -0.3 is 20.4 Å². The lowest BCUT2D eigenvalue weighted by Crippen LogP contribution is -2.36. The van der Waals surface area contributed by atoms with Crippen LogP contribution in [0.1, 0.15) is 35.7 Å². The van der Waals surface area contributed by atoms with E-state index in [-0.39, 0.29) is 23.3 Å². The van der Waals surface area contributed by atoms with Crippen molar-refractivity contribution < 1.29 is 15.0 Å². The fourth-order valence-electron chi connectivity index (χ4n) is 3.14. The zero-order valence-electron chi connectivity index (χ0n) is 14.4. The van der Waals surface area contributed by atoms with Gasteiger partial charge in [0.2, 0.25) is 0 Å². The van der Waals surface area contributed by atoms with E-state index in [2.05, 4.69) is 10.2 Å². The number of nitrogens with one attached hydrogen (secondary N) is 1. The van der Waals surface area contributed by atoms with Crippen LogP contribution in [0.2, 0.25) is 0 Å². The highest BCUT2D eigenvalue weighted by Crippen LogP contribution is 2.29. The molecule has 1 fully saturated rings. The molecule has 1 amide bonds. The number of nitrogens with zero attached hydrogens (tertiary/aromatic N) is 1. The Labute approximate surface area is 147 Å². The Hall–Kier alpha value is -2.53. The monoisotopic (exact) mass is 340 g/mol. The molecule has 132 valence electrons. The Morgan fingerprint density at radius 2 is 1.92 bits per heavy atom. The average molecular weight is 340 g/mol. The molecule has 0 aromatic heterocycles. The summed E-state index contributed by atoms with van der Waals surface area (Å²) in [5.74, 6) is -0.342. The third-order valence-corrected chi connectivity index (χ3v) is 4.67. The van der Waals surface area contributed by atoms with E-state index in [1.54, 1.807) is 12.1 Å². The number of carbonyl (C=O) groups is 1. The van der Waals surface area contributed by atoms with Crippen LogP contribution in [-0.4, -0.2) is 35.3 Å². The minimum Gasteiger partial charge on any atom is -0.507 e. The number of aliphatic hydroxyl groups is 1. The number of benzene rings is 2. The van der Waals surface area contributed by atoms with Gasteiger partial charge in [-0.05, 0) is 49.1 Å². The zero-order valence-corrected chi connectivity index (χ0v) is 14.4. The van der Waals surface area contributed by atoms with E-state index >= 15 is 0 Å². The van der Waals surface area contributed by atoms with Crippen molar-refractivity contribution in [3.63, 3.8) is 0 Å². The molecule has 0 aliphatic carbocycles. The standard InChI is InChI=1S/C20H24N2O3/c1-2-14-7-8-19(24)16(13-14)20(25)21-17-5-3-4-6-18(17)22-11-9-15(23)10-12-22/h3-8,13,15,23-24H,2,9-12H2,1H3,(H,21,25). The number of anilines is 2. The van der Waals surface area contributed by atoms with Gasteiger partial charge in [0, 0.05) is 13.1 Å². The average Bonchev–Trinajstić information content (AvgIpc) is 2.63. The van der Waals surface area contributed by atoms with Crippen molar-refractivity contribution >= 4 is 17.3 Å². The van der Waals surface area contributed by atoms with Gasteiger partial charge in [0.25, 0.3) is 5.91 Å². The van der Waals surface area contributed by atoms with Gasteiger partial charge in [0.05, 0.1) is 23.0 Å². The molecule has 3 N–H and O–H groups in total. The lowest BCUT2D eigenvalue weighted by atomic mass is 10.1. The van der Waals surface area contributed by atoms with E-state index in [0.29, 0.717) is 5.69 Å². The summed E-state index contributed by atoms with van der Waals surface area (Å²) in [4.78, 5) is 14.8. The van der Waals surface area contributed by atoms with Crippen molar-refractivity contribution in [2.75, 3.05) is 23.3 Å². The lowest BCUT2D eigenvalue weighted by molar-refractivity contribution is 0.102. The molecule has 0 unspecified atom stereocenters. The molecular formula is C20H24N2O3. The fourth-order valence-corrected chi connectivity index (χ4v) is 3.14. The third-order valence-electron chi connectivity index (χ3n) is 4.67. The number of hydrogen-bond donors (Lipinski definition) is 3. The normalized spacial score (nSPS) is 15.2. The van der Waals surface area contributed by atoms with Crippen LogP contribution in [0.3, 0.4) is 0 Å². The maximum absolute atomic E-state index is 12.7. The molecule has 1 heterocycles. The maximum Gasteiger partial charge on any atom is 0.259 e. The van der Waals surface area contributed by atoms with Gasteiger partial charge in [-0.25, -0.2) is 0 Å². The molecule has 1 aliphatic rings. The van der Waals surface area contributed by atoms with Crippen LogP contribution in [0, 0.1) is 0 Å². The fraction of sp³-hybridized carbons (Fsp3) is 0.350. The van der Waals surface area contributed by atoms with Gasteiger partial charge in [-0.2, -0.15) is 0 Å². The predicted octanol–water partition coefficient (Wildman–Crippen LogP) is 3.17. The first-order chi connectivity index (χ1) is 12.1. The van der Waals surface area contributed by atoms with Crippen molar-refractivity contribution in [2.45, 2.75) is 32.3 Å². The molecule has 25 heavy (non-hydrogen) atoms. The summed E-state index contributed by atoms with van der Waals surface area (Å²) in [6, 6.07) is 12.7. The van der Waals surface area contributed by atoms with Crippen LogP contribution in [-0.2, 0) is 6.42 Å². The second kappa shape index (κ2) is 7.57. The Kier molecular flexibility index (Phi) is 5.24. The molecule has 5 heteroatoms. The number of para-hydroxylation sites is 2. The van der Waals surface area contributed by atoms with E-state index < -0.39 is 0 Å². The molecule has 0 atom stereocenters. The van der Waals surface area contributed by atoms with E-state index in [9.17, 15) is 15.0 Å². The summed E-state index contributed by atoms with van der Waals surface area (Å²) in [6.45, 7) is 3.52. The lowest BCUT2D eigenvalue weighted by Gasteiger charge is -2.32. The Balaban J connectivity index is 1.82. The van der Waals surface area contributed by atoms with Crippen LogP contribution in [0.4, 0.5) is 11.4 Å². The number of phenols is 1. The van der Waals surface area contributed by atoms with Crippen molar-refractivity contribution in [3.8, 4) is 5.75 Å². The molecule has 0 spiro atoms. The summed E-state index contributed by atoms with van der Waals surface area (Å²) in [7, 11) is 0. The smallest absolute Gasteiger partial charge is 0.259 e. The number of phenolic OH excluding ortho intramolecular Hbond substituents is 1. The number of rotatable bonds is 4. The Morgan fingerprint density at radius 1 is 1.20 bits per heavy atom. The second-order valence-electron chi connectivity index (χ2n) is 6.39. The summed E-state index contributed by atoms with van der Waals surface area (Å²) < 4.78 is 0. The van der Waals surface area contributed by atoms with Crippen molar-refractivity contribution in [1.82, 2.24) is 0 Å². The molecule has 1 saturated heterocycles. The highest BCUT2D eigenvalue weighted by molar-refractivity contribution is 6.07. The van der Waals surface area contributed by atoms with Crippen molar-refractivity contribution in [2.24, 2.45) is 0 Å². The SMILES string of the molecule is CCc1ccc(O)c(C(=O)Nc2ccccc2N2CCC(O)CC2)c1. The number of carbonyl (C=O) groups excluding carboxylic acids is 1. The Bertz CT molecular complexity index is 752. The largest absolute Gasteiger partial charge is 0.507 e. The van der Waals surface area contributed by atoms with Crippen LogP contribution >= 0.6 is 0 Å². The van der Waals surface area contributed by atoms with Gasteiger partial charge >= 0.3 is 0 Å². The van der Waals surface area contributed by atoms with Gasteiger partial charge in [-0.1, -0.05) is 25.1 Å². The summed E-state index contributed by atoms with van der Waals surface area (Å²) in [5.41, 5.74) is 2.93. The summed E-state index contributed by atoms with van der Waals surface area (Å²) in [6.07, 6.45) is 2.00. The highest BCUT2D eigenvalue weighted by atomic mass is 16.3. The first-order valence-corrected chi connectivity index (χ1v) is 8.73. The van der Waals surface area contributed by atoms with Crippen LogP contribution in [0.5, 0.6) is 5.75 Å². The minimum atomic E-state index is -0.322. The van der Waals surface area contributed by atoms with E-state index in [1.807, 2.05) is 37.3 Å². The molecule has 2 aromatic rings. The topological polar surface area (TPSA) is 72.8 Å². The molecule has 0 bridgehead atoms. The molecule has 5 nitrogen and oxygen atoms in total. The quantitative estimate of drug-likeness (QED) is 0.799. The molecular weight excluding hydrogens is 316 g/mol. The number of aliphatic hydroxyl groups excluding tert-OH is 1.